The number of likely N-dealkylation sites (tertiary alicyclic amines) is 1. The number of hydrogen-bond donors (Lipinski definition) is 1. The van der Waals surface area contributed by atoms with Crippen LogP contribution in [0.3, 0.4) is 0 Å². The lowest BCUT2D eigenvalue weighted by molar-refractivity contribution is 0.0705. The molecule has 1 atom stereocenters. The quantitative estimate of drug-likeness (QED) is 0.716. The number of carbonyl (C=O) groups excluding carboxylic acids is 1. The molecule has 0 aliphatic carbocycles. The summed E-state index contributed by atoms with van der Waals surface area (Å²) >= 11 is 0. The Morgan fingerprint density at radius 2 is 2.00 bits per heavy atom. The monoisotopic (exact) mass is 381 g/mol. The van der Waals surface area contributed by atoms with E-state index in [2.05, 4.69) is 10.2 Å². The second-order valence-corrected chi connectivity index (χ2v) is 7.24. The first-order chi connectivity index (χ1) is 13.5. The molecule has 6 heteroatoms. The molecular weight excluding hydrogens is 360 g/mol. The number of nitrogens with zero attached hydrogens (tertiary/aromatic N) is 2. The molecule has 2 heterocycles. The van der Waals surface area contributed by atoms with E-state index in [0.29, 0.717) is 35.5 Å². The lowest BCUT2D eigenvalue weighted by atomic mass is 9.93. The highest BCUT2D eigenvalue weighted by Crippen LogP contribution is 2.30. The molecule has 1 fully saturated rings. The summed E-state index contributed by atoms with van der Waals surface area (Å²) in [6.07, 6.45) is 1.79. The summed E-state index contributed by atoms with van der Waals surface area (Å²) < 4.78 is 27.4. The number of aromatic nitrogens is 2. The number of benzene rings is 2. The lowest BCUT2D eigenvalue weighted by Crippen LogP contribution is -2.39. The Bertz CT molecular complexity index is 1010. The molecule has 1 amide bonds. The number of nitrogens with one attached hydrogen (secondary N) is 1. The van der Waals surface area contributed by atoms with Gasteiger partial charge in [0.2, 0.25) is 0 Å². The number of aromatic amines is 1. The van der Waals surface area contributed by atoms with Crippen molar-refractivity contribution >= 4 is 5.91 Å². The molecule has 1 aliphatic rings. The summed E-state index contributed by atoms with van der Waals surface area (Å²) in [6.45, 7) is 2.96. The predicted molar refractivity (Wildman–Crippen MR) is 103 cm³/mol. The van der Waals surface area contributed by atoms with Gasteiger partial charge in [-0.2, -0.15) is 5.10 Å². The maximum absolute atomic E-state index is 14.0. The summed E-state index contributed by atoms with van der Waals surface area (Å²) in [4.78, 5) is 14.7. The van der Waals surface area contributed by atoms with Gasteiger partial charge in [-0.15, -0.1) is 0 Å². The topological polar surface area (TPSA) is 49.0 Å². The van der Waals surface area contributed by atoms with E-state index in [-0.39, 0.29) is 23.5 Å². The summed E-state index contributed by atoms with van der Waals surface area (Å²) in [6, 6.07) is 12.6. The Hall–Kier alpha value is -3.02. The van der Waals surface area contributed by atoms with Gasteiger partial charge in [0.15, 0.2) is 0 Å². The van der Waals surface area contributed by atoms with Crippen LogP contribution >= 0.6 is 0 Å². The molecule has 4 nitrogen and oxygen atoms in total. The number of H-pyrrole nitrogens is 1. The minimum atomic E-state index is -0.344. The van der Waals surface area contributed by atoms with Crippen LogP contribution < -0.4 is 0 Å². The molecule has 1 saturated heterocycles. The van der Waals surface area contributed by atoms with Gasteiger partial charge in [0, 0.05) is 35.8 Å². The van der Waals surface area contributed by atoms with Gasteiger partial charge >= 0.3 is 0 Å². The van der Waals surface area contributed by atoms with Gasteiger partial charge in [0.1, 0.15) is 11.6 Å². The van der Waals surface area contributed by atoms with Crippen molar-refractivity contribution in [2.45, 2.75) is 25.7 Å². The van der Waals surface area contributed by atoms with E-state index in [1.54, 1.807) is 36.1 Å². The Balaban J connectivity index is 1.53. The molecule has 144 valence electrons. The molecule has 0 radical (unpaired) electrons. The first-order valence-electron chi connectivity index (χ1n) is 9.38. The van der Waals surface area contributed by atoms with Crippen LogP contribution in [0.5, 0.6) is 0 Å². The Morgan fingerprint density at radius 3 is 2.79 bits per heavy atom. The van der Waals surface area contributed by atoms with Crippen LogP contribution in [0.4, 0.5) is 8.78 Å². The molecule has 1 aromatic heterocycles. The first-order valence-corrected chi connectivity index (χ1v) is 9.38. The van der Waals surface area contributed by atoms with Crippen molar-refractivity contribution in [3.8, 4) is 11.3 Å². The zero-order chi connectivity index (χ0) is 19.7. The van der Waals surface area contributed by atoms with E-state index in [1.165, 1.54) is 18.2 Å². The number of amides is 1. The van der Waals surface area contributed by atoms with Crippen molar-refractivity contribution in [1.82, 2.24) is 15.1 Å². The normalized spacial score (nSPS) is 17.0. The largest absolute Gasteiger partial charge is 0.338 e. The molecule has 28 heavy (non-hydrogen) atoms. The highest BCUT2D eigenvalue weighted by Gasteiger charge is 2.27. The van der Waals surface area contributed by atoms with Gasteiger partial charge in [-0.25, -0.2) is 8.78 Å². The molecule has 1 N–H and O–H groups in total. The third-order valence-electron chi connectivity index (χ3n) is 5.31. The summed E-state index contributed by atoms with van der Waals surface area (Å²) in [7, 11) is 0. The number of piperidine rings is 1. The maximum atomic E-state index is 14.0. The van der Waals surface area contributed by atoms with Crippen LogP contribution in [0.25, 0.3) is 11.3 Å². The standard InChI is InChI=1S/C22H21F2N3O/c1-14-11-16(23)8-9-17(14)22(28)27-10-4-5-15(13-27)20-12-21(26-25-20)18-6-2-3-7-19(18)24/h2-3,6-9,11-12,15H,4-5,10,13H2,1H3,(H,25,26)/t15-/m0/s1. The molecule has 0 bridgehead atoms. The van der Waals surface area contributed by atoms with Crippen LogP contribution in [0.2, 0.25) is 0 Å². The van der Waals surface area contributed by atoms with Crippen LogP contribution in [0.15, 0.2) is 48.5 Å². The molecule has 2 aromatic carbocycles. The molecule has 0 unspecified atom stereocenters. The van der Waals surface area contributed by atoms with Crippen LogP contribution in [-0.4, -0.2) is 34.1 Å². The van der Waals surface area contributed by atoms with E-state index in [4.69, 9.17) is 0 Å². The number of rotatable bonds is 3. The third kappa shape index (κ3) is 3.54. The molecule has 4 rings (SSSR count). The predicted octanol–water partition coefficient (Wildman–Crippen LogP) is 4.68. The second-order valence-electron chi connectivity index (χ2n) is 7.24. The number of aryl methyl sites for hydroxylation is 1. The van der Waals surface area contributed by atoms with Gasteiger partial charge in [-0.3, -0.25) is 9.89 Å². The molecule has 0 spiro atoms. The Kier molecular flexibility index (Phi) is 4.94. The Labute approximate surface area is 162 Å². The van der Waals surface area contributed by atoms with Gasteiger partial charge in [-0.1, -0.05) is 12.1 Å². The number of halogens is 2. The van der Waals surface area contributed by atoms with Gasteiger partial charge in [0.05, 0.1) is 5.69 Å². The van der Waals surface area contributed by atoms with Crippen LogP contribution in [0, 0.1) is 18.6 Å². The third-order valence-corrected chi connectivity index (χ3v) is 5.31. The van der Waals surface area contributed by atoms with Gasteiger partial charge in [-0.05, 0) is 61.7 Å². The van der Waals surface area contributed by atoms with Crippen LogP contribution in [0.1, 0.15) is 40.4 Å². The maximum Gasteiger partial charge on any atom is 0.254 e. The van der Waals surface area contributed by atoms with Crippen molar-refractivity contribution in [2.75, 3.05) is 13.1 Å². The summed E-state index contributed by atoms with van der Waals surface area (Å²) in [5, 5.41) is 7.28. The van der Waals surface area contributed by atoms with Crippen molar-refractivity contribution < 1.29 is 13.6 Å². The number of hydrogen-bond acceptors (Lipinski definition) is 2. The summed E-state index contributed by atoms with van der Waals surface area (Å²) in [5.41, 5.74) is 3.07. The minimum Gasteiger partial charge on any atom is -0.338 e. The molecule has 1 aliphatic heterocycles. The minimum absolute atomic E-state index is 0.0870. The fraction of sp³-hybridized carbons (Fsp3) is 0.273. The molecule has 0 saturated carbocycles. The zero-order valence-corrected chi connectivity index (χ0v) is 15.6. The van der Waals surface area contributed by atoms with Crippen LogP contribution in [-0.2, 0) is 0 Å². The smallest absolute Gasteiger partial charge is 0.254 e. The van der Waals surface area contributed by atoms with Crippen molar-refractivity contribution in [1.29, 1.82) is 0 Å². The fourth-order valence-electron chi connectivity index (χ4n) is 3.81. The zero-order valence-electron chi connectivity index (χ0n) is 15.6. The first kappa shape index (κ1) is 18.3. The Morgan fingerprint density at radius 1 is 1.18 bits per heavy atom. The van der Waals surface area contributed by atoms with Gasteiger partial charge < -0.3 is 4.90 Å². The van der Waals surface area contributed by atoms with Gasteiger partial charge in [0.25, 0.3) is 5.91 Å². The highest BCUT2D eigenvalue weighted by atomic mass is 19.1. The van der Waals surface area contributed by atoms with Crippen molar-refractivity contribution in [3.05, 3.63) is 77.0 Å². The van der Waals surface area contributed by atoms with E-state index in [9.17, 15) is 13.6 Å². The van der Waals surface area contributed by atoms with Crippen molar-refractivity contribution in [2.24, 2.45) is 0 Å². The van der Waals surface area contributed by atoms with E-state index in [0.717, 1.165) is 18.5 Å². The van der Waals surface area contributed by atoms with E-state index < -0.39 is 0 Å². The molecular formula is C22H21F2N3O. The van der Waals surface area contributed by atoms with E-state index in [1.807, 2.05) is 6.07 Å². The highest BCUT2D eigenvalue weighted by molar-refractivity contribution is 5.95. The van der Waals surface area contributed by atoms with Crippen molar-refractivity contribution in [3.63, 3.8) is 0 Å². The SMILES string of the molecule is Cc1cc(F)ccc1C(=O)N1CCC[C@H](c2cc(-c3ccccc3F)n[nH]2)C1. The average molecular weight is 381 g/mol. The number of carbonyl (C=O) groups is 1. The van der Waals surface area contributed by atoms with E-state index >= 15 is 0 Å². The molecule has 3 aromatic rings. The second kappa shape index (κ2) is 7.54. The summed E-state index contributed by atoms with van der Waals surface area (Å²) in [5.74, 6) is -0.640. The fourth-order valence-corrected chi connectivity index (χ4v) is 3.81. The lowest BCUT2D eigenvalue weighted by Gasteiger charge is -2.32. The average Bonchev–Trinajstić information content (AvgIpc) is 3.18.